The Labute approximate surface area is 342 Å². The summed E-state index contributed by atoms with van der Waals surface area (Å²) in [4.78, 5) is 37.2. The first-order valence-electron chi connectivity index (χ1n) is 20.9. The standard InChI is InChI=1S/C42H64N2O10S2/c1-10-23-12-11-13-31(54-33-15-14-30(44(5)6)21(3)50-33)20(2)36(46)28-18-26-25-16-24(53-41-39(49-9)38(48-8)37(47-7)22(4)51-41)17-29(25)40-35(43-42(55)56-40)34(26)27(28)19-32(45)52-23/h18,20-27,29-31,33-34,37-39,41H,10-17,19H2,1-9H3,(H,43,55)/t20-,21?,22?,23+,24+,25+,26+,27-,29-,30+,31+,33+,34-,37+,38?,39?,41+/m1/s1. The molecule has 7 rings (SSSR count). The lowest BCUT2D eigenvalue weighted by atomic mass is 9.67. The number of esters is 1. The summed E-state index contributed by atoms with van der Waals surface area (Å²) in [6.45, 7) is 8.14. The van der Waals surface area contributed by atoms with Gasteiger partial charge in [0, 0.05) is 55.9 Å². The van der Waals surface area contributed by atoms with Gasteiger partial charge in [-0.2, -0.15) is 0 Å². The van der Waals surface area contributed by atoms with Crippen molar-refractivity contribution in [2.75, 3.05) is 35.4 Å². The number of aromatic nitrogens is 1. The van der Waals surface area contributed by atoms with Gasteiger partial charge in [-0.25, -0.2) is 4.98 Å². The highest BCUT2D eigenvalue weighted by Crippen LogP contribution is 2.62. The van der Waals surface area contributed by atoms with E-state index in [0.29, 0.717) is 22.4 Å². The number of thiazole rings is 1. The van der Waals surface area contributed by atoms with Gasteiger partial charge in [-0.15, -0.1) is 24.0 Å². The van der Waals surface area contributed by atoms with Crippen molar-refractivity contribution in [3.63, 3.8) is 0 Å². The Morgan fingerprint density at radius 3 is 2.34 bits per heavy atom. The van der Waals surface area contributed by atoms with Crippen molar-refractivity contribution in [3.8, 4) is 0 Å². The van der Waals surface area contributed by atoms with E-state index in [9.17, 15) is 9.59 Å². The highest BCUT2D eigenvalue weighted by atomic mass is 32.2. The van der Waals surface area contributed by atoms with E-state index < -0.39 is 18.3 Å². The van der Waals surface area contributed by atoms with Crippen LogP contribution in [0.1, 0.15) is 108 Å². The Kier molecular flexibility index (Phi) is 13.7. The molecule has 1 saturated carbocycles. The predicted molar refractivity (Wildman–Crippen MR) is 213 cm³/mol. The number of thiol groups is 1. The lowest BCUT2D eigenvalue weighted by Gasteiger charge is -2.44. The van der Waals surface area contributed by atoms with Gasteiger partial charge in [-0.1, -0.05) is 19.9 Å². The molecule has 1 aromatic heterocycles. The summed E-state index contributed by atoms with van der Waals surface area (Å²) in [6.07, 6.45) is 5.47. The number of rotatable bonds is 9. The molecule has 3 saturated heterocycles. The molecule has 1 aromatic rings. The summed E-state index contributed by atoms with van der Waals surface area (Å²) in [7, 11) is 9.13. The van der Waals surface area contributed by atoms with Gasteiger partial charge in [0.2, 0.25) is 0 Å². The Balaban J connectivity index is 1.18. The Hall–Kier alpha value is -1.46. The van der Waals surface area contributed by atoms with Gasteiger partial charge in [-0.3, -0.25) is 9.59 Å². The second-order valence-corrected chi connectivity index (χ2v) is 19.0. The van der Waals surface area contributed by atoms with E-state index in [2.05, 4.69) is 38.9 Å². The number of likely N-dealkylation sites (N-methyl/N-ethyl adjacent to an activating group) is 1. The average molecular weight is 821 g/mol. The highest BCUT2D eigenvalue weighted by molar-refractivity contribution is 7.82. The molecule has 0 amide bonds. The number of allylic oxidation sites excluding steroid dienone is 2. The Bertz CT molecular complexity index is 1570. The monoisotopic (exact) mass is 820 g/mol. The molecule has 17 atom stereocenters. The summed E-state index contributed by atoms with van der Waals surface area (Å²) in [6, 6.07) is 0.321. The molecule has 4 unspecified atom stereocenters. The third kappa shape index (κ3) is 8.32. The number of hydrogen-bond acceptors (Lipinski definition) is 14. The zero-order valence-corrected chi connectivity index (χ0v) is 36.3. The number of methoxy groups -OCH3 is 3. The number of cyclic esters (lactones) is 1. The number of ketones is 1. The fourth-order valence-electron chi connectivity index (χ4n) is 11.1. The van der Waals surface area contributed by atoms with Gasteiger partial charge in [0.15, 0.2) is 18.4 Å². The molecule has 3 aliphatic carbocycles. The second kappa shape index (κ2) is 18.0. The van der Waals surface area contributed by atoms with Gasteiger partial charge in [0.05, 0.1) is 36.5 Å². The van der Waals surface area contributed by atoms with E-state index in [4.69, 9.17) is 55.5 Å². The molecular weight excluding hydrogens is 757 g/mol. The maximum absolute atomic E-state index is 15.0. The summed E-state index contributed by atoms with van der Waals surface area (Å²) in [5.74, 6) is -0.817. The van der Waals surface area contributed by atoms with Crippen molar-refractivity contribution in [1.82, 2.24) is 9.88 Å². The van der Waals surface area contributed by atoms with E-state index in [1.807, 2.05) is 13.8 Å². The zero-order chi connectivity index (χ0) is 40.0. The average Bonchev–Trinajstić information content (AvgIpc) is 3.87. The number of fused-ring (bicyclic) bond motifs is 8. The lowest BCUT2D eigenvalue weighted by molar-refractivity contribution is -0.314. The molecule has 4 heterocycles. The number of Topliss-reactive ketones (excluding diaryl/α,β-unsaturated/α-hetero) is 1. The first kappa shape index (κ1) is 42.7. The third-order valence-electron chi connectivity index (χ3n) is 13.9. The molecule has 0 spiro atoms. The summed E-state index contributed by atoms with van der Waals surface area (Å²) in [5, 5.41) is 0. The smallest absolute Gasteiger partial charge is 0.306 e. The molecule has 3 aliphatic heterocycles. The van der Waals surface area contributed by atoms with Gasteiger partial charge in [0.25, 0.3) is 0 Å². The van der Waals surface area contributed by atoms with Crippen LogP contribution >= 0.6 is 24.0 Å². The number of nitrogens with zero attached hydrogens (tertiary/aromatic N) is 2. The normalized spacial score (nSPS) is 43.2. The molecular formula is C42H64N2O10S2. The van der Waals surface area contributed by atoms with Crippen molar-refractivity contribution in [3.05, 3.63) is 22.2 Å². The molecule has 0 aromatic carbocycles. The summed E-state index contributed by atoms with van der Waals surface area (Å²) < 4.78 is 50.7. The topological polar surface area (TPSA) is 124 Å². The predicted octanol–water partition coefficient (Wildman–Crippen LogP) is 6.31. The maximum Gasteiger partial charge on any atom is 0.306 e. The minimum Gasteiger partial charge on any atom is -0.462 e. The van der Waals surface area contributed by atoms with Crippen LogP contribution in [0.4, 0.5) is 0 Å². The van der Waals surface area contributed by atoms with Crippen LogP contribution in [-0.4, -0.2) is 125 Å². The zero-order valence-electron chi connectivity index (χ0n) is 34.6. The van der Waals surface area contributed by atoms with Crippen LogP contribution in [0.25, 0.3) is 0 Å². The Morgan fingerprint density at radius 2 is 1.66 bits per heavy atom. The number of carbonyl (C=O) groups is 2. The van der Waals surface area contributed by atoms with Crippen LogP contribution < -0.4 is 0 Å². The van der Waals surface area contributed by atoms with E-state index in [-0.39, 0.29) is 96.8 Å². The molecule has 0 radical (unpaired) electrons. The van der Waals surface area contributed by atoms with Crippen molar-refractivity contribution >= 4 is 35.7 Å². The lowest BCUT2D eigenvalue weighted by Crippen LogP contribution is -2.59. The quantitative estimate of drug-likeness (QED) is 0.222. The molecule has 14 heteroatoms. The first-order chi connectivity index (χ1) is 26.9. The molecule has 0 N–H and O–H groups in total. The van der Waals surface area contributed by atoms with Crippen molar-refractivity contribution in [2.24, 2.45) is 23.7 Å². The SMILES string of the molecule is CC[C@H]1CCC[C@H](O[C@H]2CC[C@H](N(C)C)C(C)O2)[C@@H](C)C(=O)C2=C[C@H]3[C@@H]4C[C@H](O[C@@H]5OC(C)[C@H](OC)C(OC)C5OC)C[C@H]4c4sc(S)nc4[C@H]3[C@@H]2CC(=O)O1. The summed E-state index contributed by atoms with van der Waals surface area (Å²) in [5.41, 5.74) is 1.67. The van der Waals surface area contributed by atoms with Crippen molar-refractivity contribution in [1.29, 1.82) is 0 Å². The van der Waals surface area contributed by atoms with E-state index in [1.54, 1.807) is 32.7 Å². The Morgan fingerprint density at radius 1 is 0.911 bits per heavy atom. The largest absolute Gasteiger partial charge is 0.462 e. The molecule has 6 aliphatic rings. The minimum atomic E-state index is -0.642. The fraction of sp³-hybridized carbons (Fsp3) is 0.833. The molecule has 12 nitrogen and oxygen atoms in total. The van der Waals surface area contributed by atoms with Gasteiger partial charge in [0.1, 0.15) is 28.8 Å². The van der Waals surface area contributed by atoms with Crippen LogP contribution in [0.15, 0.2) is 16.0 Å². The van der Waals surface area contributed by atoms with E-state index in [0.717, 1.165) is 50.6 Å². The van der Waals surface area contributed by atoms with Crippen molar-refractivity contribution in [2.45, 2.75) is 169 Å². The van der Waals surface area contributed by atoms with Crippen LogP contribution in [0, 0.1) is 23.7 Å². The molecule has 0 bridgehead atoms. The minimum absolute atomic E-state index is 0.00846. The number of carbonyl (C=O) groups excluding carboxylic acids is 2. The number of ether oxygens (including phenoxy) is 8. The molecule has 4 fully saturated rings. The van der Waals surface area contributed by atoms with E-state index >= 15 is 0 Å². The van der Waals surface area contributed by atoms with E-state index in [1.165, 1.54) is 4.88 Å². The fourth-order valence-corrected chi connectivity index (χ4v) is 12.5. The second-order valence-electron chi connectivity index (χ2n) is 17.2. The third-order valence-corrected chi connectivity index (χ3v) is 15.3. The van der Waals surface area contributed by atoms with Crippen LogP contribution in [0.5, 0.6) is 0 Å². The van der Waals surface area contributed by atoms with Gasteiger partial charge >= 0.3 is 5.97 Å². The van der Waals surface area contributed by atoms with Gasteiger partial charge < -0.3 is 42.8 Å². The first-order valence-corrected chi connectivity index (χ1v) is 22.1. The van der Waals surface area contributed by atoms with Crippen LogP contribution in [0.2, 0.25) is 0 Å². The van der Waals surface area contributed by atoms with Crippen LogP contribution in [0.3, 0.4) is 0 Å². The molecule has 314 valence electrons. The van der Waals surface area contributed by atoms with Gasteiger partial charge in [-0.05, 0) is 96.7 Å². The van der Waals surface area contributed by atoms with Crippen molar-refractivity contribution < 1.29 is 47.5 Å². The summed E-state index contributed by atoms with van der Waals surface area (Å²) >= 11 is 6.37. The highest BCUT2D eigenvalue weighted by Gasteiger charge is 2.57. The number of hydrogen-bond donors (Lipinski definition) is 1. The maximum atomic E-state index is 15.0. The molecule has 56 heavy (non-hydrogen) atoms. The van der Waals surface area contributed by atoms with Crippen LogP contribution in [-0.2, 0) is 47.5 Å².